The van der Waals surface area contributed by atoms with Crippen LogP contribution in [-0.4, -0.2) is 12.4 Å². The smallest absolute Gasteiger partial charge is 0.0450 e. The van der Waals surface area contributed by atoms with Crippen LogP contribution < -0.4 is 5.32 Å². The summed E-state index contributed by atoms with van der Waals surface area (Å²) in [7, 11) is 0. The molecule has 3 heteroatoms. The number of alkyl halides is 1. The first-order valence-electron chi connectivity index (χ1n) is 5.24. The molecule has 0 saturated heterocycles. The predicted molar refractivity (Wildman–Crippen MR) is 67.7 cm³/mol. The van der Waals surface area contributed by atoms with Gasteiger partial charge in [-0.2, -0.15) is 0 Å². The fourth-order valence-corrected chi connectivity index (χ4v) is 1.96. The van der Waals surface area contributed by atoms with Crippen molar-refractivity contribution < 1.29 is 0 Å². The summed E-state index contributed by atoms with van der Waals surface area (Å²) in [5.41, 5.74) is 1.15. The molecular formula is C12H17Cl2N. The van der Waals surface area contributed by atoms with Crippen molar-refractivity contribution in [2.75, 3.05) is 12.4 Å². The number of benzene rings is 1. The van der Waals surface area contributed by atoms with E-state index in [1.807, 2.05) is 24.3 Å². The van der Waals surface area contributed by atoms with Crippen molar-refractivity contribution in [2.24, 2.45) is 5.92 Å². The summed E-state index contributed by atoms with van der Waals surface area (Å²) in [5.74, 6) is 1.35. The summed E-state index contributed by atoms with van der Waals surface area (Å²) < 4.78 is 0. The largest absolute Gasteiger partial charge is 0.312 e. The molecule has 0 spiro atoms. The van der Waals surface area contributed by atoms with Crippen molar-refractivity contribution >= 4 is 23.2 Å². The van der Waals surface area contributed by atoms with Gasteiger partial charge in [0, 0.05) is 17.4 Å². The van der Waals surface area contributed by atoms with Gasteiger partial charge in [0.2, 0.25) is 0 Å². The Labute approximate surface area is 102 Å². The summed E-state index contributed by atoms with van der Waals surface area (Å²) in [6, 6.07) is 7.91. The minimum absolute atomic E-state index is 0.616. The van der Waals surface area contributed by atoms with Gasteiger partial charge in [0.25, 0.3) is 0 Å². The van der Waals surface area contributed by atoms with Gasteiger partial charge in [-0.3, -0.25) is 0 Å². The summed E-state index contributed by atoms with van der Waals surface area (Å²) in [5, 5.41) is 4.21. The van der Waals surface area contributed by atoms with Crippen molar-refractivity contribution in [1.29, 1.82) is 0 Å². The fraction of sp³-hybridized carbons (Fsp3) is 0.500. The molecular weight excluding hydrogens is 229 g/mol. The number of hydrogen-bond donors (Lipinski definition) is 1. The van der Waals surface area contributed by atoms with Crippen LogP contribution in [0.15, 0.2) is 24.3 Å². The first-order chi connectivity index (χ1) is 7.24. The van der Waals surface area contributed by atoms with Crippen molar-refractivity contribution in [1.82, 2.24) is 5.32 Å². The van der Waals surface area contributed by atoms with Gasteiger partial charge in [-0.05, 0) is 30.5 Å². The van der Waals surface area contributed by atoms with Crippen molar-refractivity contribution in [3.05, 3.63) is 34.9 Å². The Morgan fingerprint density at radius 2 is 2.07 bits per heavy atom. The minimum atomic E-state index is 0.616. The second-order valence-electron chi connectivity index (χ2n) is 3.81. The normalized spacial score (nSPS) is 12.7. The molecule has 0 fully saturated rings. The van der Waals surface area contributed by atoms with Crippen LogP contribution in [0.4, 0.5) is 0 Å². The Balaban J connectivity index is 2.29. The van der Waals surface area contributed by atoms with E-state index in [0.717, 1.165) is 36.0 Å². The Hall–Kier alpha value is -0.240. The van der Waals surface area contributed by atoms with E-state index in [-0.39, 0.29) is 0 Å². The Kier molecular flexibility index (Phi) is 6.07. The van der Waals surface area contributed by atoms with Gasteiger partial charge < -0.3 is 5.32 Å². The molecule has 1 N–H and O–H groups in total. The molecule has 1 aromatic rings. The van der Waals surface area contributed by atoms with Crippen LogP contribution in [0.2, 0.25) is 5.02 Å². The van der Waals surface area contributed by atoms with E-state index >= 15 is 0 Å². The third-order valence-corrected chi connectivity index (χ3v) is 2.95. The highest BCUT2D eigenvalue weighted by atomic mass is 35.5. The van der Waals surface area contributed by atoms with Crippen LogP contribution >= 0.6 is 23.2 Å². The molecule has 0 aromatic heterocycles. The number of nitrogens with one attached hydrogen (secondary N) is 1. The zero-order valence-corrected chi connectivity index (χ0v) is 10.5. The molecule has 0 bridgehead atoms. The fourth-order valence-electron chi connectivity index (χ4n) is 1.38. The molecule has 0 aliphatic carbocycles. The van der Waals surface area contributed by atoms with Crippen LogP contribution in [-0.2, 0) is 6.54 Å². The van der Waals surface area contributed by atoms with Gasteiger partial charge in [0.1, 0.15) is 0 Å². The molecule has 0 aliphatic rings. The Morgan fingerprint density at radius 3 is 2.73 bits per heavy atom. The topological polar surface area (TPSA) is 12.0 Å². The first kappa shape index (κ1) is 12.8. The highest BCUT2D eigenvalue weighted by Crippen LogP contribution is 2.14. The summed E-state index contributed by atoms with van der Waals surface area (Å²) >= 11 is 11.7. The van der Waals surface area contributed by atoms with Crippen molar-refractivity contribution in [3.63, 3.8) is 0 Å². The van der Waals surface area contributed by atoms with E-state index in [1.54, 1.807) is 0 Å². The quantitative estimate of drug-likeness (QED) is 0.755. The van der Waals surface area contributed by atoms with E-state index in [9.17, 15) is 0 Å². The SMILES string of the molecule is CC(CCCl)CNCc1ccccc1Cl. The van der Waals surface area contributed by atoms with Crippen LogP contribution in [0, 0.1) is 5.92 Å². The molecule has 0 heterocycles. The second kappa shape index (κ2) is 7.10. The lowest BCUT2D eigenvalue weighted by Gasteiger charge is -2.11. The molecule has 0 aliphatic heterocycles. The lowest BCUT2D eigenvalue weighted by Crippen LogP contribution is -2.21. The molecule has 0 amide bonds. The average Bonchev–Trinajstić information content (AvgIpc) is 2.21. The lowest BCUT2D eigenvalue weighted by atomic mass is 10.1. The zero-order chi connectivity index (χ0) is 11.1. The van der Waals surface area contributed by atoms with E-state index in [0.29, 0.717) is 5.92 Å². The first-order valence-corrected chi connectivity index (χ1v) is 6.15. The molecule has 0 saturated carbocycles. The number of rotatable bonds is 6. The standard InChI is InChI=1S/C12H17Cl2N/c1-10(6-7-13)8-15-9-11-4-2-3-5-12(11)14/h2-5,10,15H,6-9H2,1H3. The van der Waals surface area contributed by atoms with Gasteiger partial charge in [0.15, 0.2) is 0 Å². The molecule has 84 valence electrons. The molecule has 1 aromatic carbocycles. The predicted octanol–water partition coefficient (Wildman–Crippen LogP) is 3.69. The number of hydrogen-bond acceptors (Lipinski definition) is 1. The molecule has 1 nitrogen and oxygen atoms in total. The molecule has 15 heavy (non-hydrogen) atoms. The van der Waals surface area contributed by atoms with Crippen molar-refractivity contribution in [2.45, 2.75) is 19.9 Å². The molecule has 1 rings (SSSR count). The summed E-state index contributed by atoms with van der Waals surface area (Å²) in [6.07, 6.45) is 1.05. The maximum absolute atomic E-state index is 6.04. The maximum atomic E-state index is 6.04. The monoisotopic (exact) mass is 245 g/mol. The lowest BCUT2D eigenvalue weighted by molar-refractivity contribution is 0.502. The maximum Gasteiger partial charge on any atom is 0.0450 e. The highest BCUT2D eigenvalue weighted by molar-refractivity contribution is 6.31. The number of halogens is 2. The third kappa shape index (κ3) is 4.87. The van der Waals surface area contributed by atoms with Gasteiger partial charge in [-0.1, -0.05) is 36.7 Å². The van der Waals surface area contributed by atoms with Crippen LogP contribution in [0.1, 0.15) is 18.9 Å². The Bertz CT molecular complexity index is 289. The van der Waals surface area contributed by atoms with Crippen molar-refractivity contribution in [3.8, 4) is 0 Å². The minimum Gasteiger partial charge on any atom is -0.312 e. The van der Waals surface area contributed by atoms with Gasteiger partial charge in [-0.25, -0.2) is 0 Å². The zero-order valence-electron chi connectivity index (χ0n) is 8.97. The molecule has 1 atom stereocenters. The average molecular weight is 246 g/mol. The summed E-state index contributed by atoms with van der Waals surface area (Å²) in [4.78, 5) is 0. The van der Waals surface area contributed by atoms with E-state index in [1.165, 1.54) is 0 Å². The molecule has 1 unspecified atom stereocenters. The van der Waals surface area contributed by atoms with Gasteiger partial charge in [0.05, 0.1) is 0 Å². The third-order valence-electron chi connectivity index (χ3n) is 2.37. The second-order valence-corrected chi connectivity index (χ2v) is 4.59. The van der Waals surface area contributed by atoms with E-state index in [2.05, 4.69) is 12.2 Å². The van der Waals surface area contributed by atoms with E-state index in [4.69, 9.17) is 23.2 Å². The Morgan fingerprint density at radius 1 is 1.33 bits per heavy atom. The van der Waals surface area contributed by atoms with Crippen LogP contribution in [0.5, 0.6) is 0 Å². The molecule has 0 radical (unpaired) electrons. The van der Waals surface area contributed by atoms with Crippen LogP contribution in [0.3, 0.4) is 0 Å². The van der Waals surface area contributed by atoms with Gasteiger partial charge >= 0.3 is 0 Å². The summed E-state index contributed by atoms with van der Waals surface area (Å²) in [6.45, 7) is 4.01. The van der Waals surface area contributed by atoms with Crippen LogP contribution in [0.25, 0.3) is 0 Å². The van der Waals surface area contributed by atoms with E-state index < -0.39 is 0 Å². The van der Waals surface area contributed by atoms with Gasteiger partial charge in [-0.15, -0.1) is 11.6 Å². The highest BCUT2D eigenvalue weighted by Gasteiger charge is 2.02.